The van der Waals surface area contributed by atoms with Crippen molar-refractivity contribution in [1.29, 1.82) is 0 Å². The van der Waals surface area contributed by atoms with Gasteiger partial charge in [0, 0.05) is 19.0 Å². The summed E-state index contributed by atoms with van der Waals surface area (Å²) in [6.45, 7) is 3.85. The summed E-state index contributed by atoms with van der Waals surface area (Å²) in [5, 5.41) is 2.88. The number of hydrogen-bond acceptors (Lipinski definition) is 3. The first-order valence-electron chi connectivity index (χ1n) is 6.04. The summed E-state index contributed by atoms with van der Waals surface area (Å²) in [5.41, 5.74) is 0.127. The van der Waals surface area contributed by atoms with Crippen molar-refractivity contribution in [1.82, 2.24) is 9.97 Å². The van der Waals surface area contributed by atoms with Crippen LogP contribution in [0, 0.1) is 11.6 Å². The molecule has 0 radical (unpaired) electrons. The van der Waals surface area contributed by atoms with Gasteiger partial charge in [-0.1, -0.05) is 19.9 Å². The van der Waals surface area contributed by atoms with E-state index in [4.69, 9.17) is 0 Å². The molecular formula is C14H15F2N3. The SMILES string of the molecule is CNc1cc(-c2c(F)cccc2F)nc(C(C)C)n1. The molecular weight excluding hydrogens is 248 g/mol. The molecule has 1 aromatic carbocycles. The monoisotopic (exact) mass is 263 g/mol. The van der Waals surface area contributed by atoms with Gasteiger partial charge in [0.2, 0.25) is 0 Å². The van der Waals surface area contributed by atoms with Crippen LogP contribution in [0.25, 0.3) is 11.3 Å². The van der Waals surface area contributed by atoms with Crippen molar-refractivity contribution in [2.24, 2.45) is 0 Å². The van der Waals surface area contributed by atoms with Gasteiger partial charge in [-0.2, -0.15) is 0 Å². The molecule has 0 fully saturated rings. The van der Waals surface area contributed by atoms with Gasteiger partial charge in [0.15, 0.2) is 0 Å². The van der Waals surface area contributed by atoms with Crippen molar-refractivity contribution < 1.29 is 8.78 Å². The van der Waals surface area contributed by atoms with Crippen molar-refractivity contribution in [3.05, 3.63) is 41.7 Å². The third-order valence-electron chi connectivity index (χ3n) is 2.73. The highest BCUT2D eigenvalue weighted by Gasteiger charge is 2.15. The summed E-state index contributed by atoms with van der Waals surface area (Å²) in [7, 11) is 1.70. The van der Waals surface area contributed by atoms with E-state index in [1.54, 1.807) is 7.05 Å². The lowest BCUT2D eigenvalue weighted by Gasteiger charge is -2.11. The van der Waals surface area contributed by atoms with Crippen LogP contribution in [0.4, 0.5) is 14.6 Å². The minimum Gasteiger partial charge on any atom is -0.373 e. The summed E-state index contributed by atoms with van der Waals surface area (Å²) in [6, 6.07) is 5.30. The predicted molar refractivity (Wildman–Crippen MR) is 71.0 cm³/mol. The van der Waals surface area contributed by atoms with Crippen LogP contribution in [0.3, 0.4) is 0 Å². The van der Waals surface area contributed by atoms with Crippen molar-refractivity contribution >= 4 is 5.82 Å². The second-order valence-corrected chi connectivity index (χ2v) is 4.50. The van der Waals surface area contributed by atoms with Crippen LogP contribution in [-0.2, 0) is 0 Å². The second kappa shape index (κ2) is 5.30. The average Bonchev–Trinajstić information content (AvgIpc) is 2.38. The predicted octanol–water partition coefficient (Wildman–Crippen LogP) is 3.59. The Kier molecular flexibility index (Phi) is 3.74. The van der Waals surface area contributed by atoms with E-state index in [0.717, 1.165) is 0 Å². The summed E-state index contributed by atoms with van der Waals surface area (Å²) in [6.07, 6.45) is 0. The molecule has 0 amide bonds. The lowest BCUT2D eigenvalue weighted by Crippen LogP contribution is -2.04. The van der Waals surface area contributed by atoms with E-state index in [2.05, 4.69) is 15.3 Å². The van der Waals surface area contributed by atoms with E-state index >= 15 is 0 Å². The highest BCUT2D eigenvalue weighted by atomic mass is 19.1. The summed E-state index contributed by atoms with van der Waals surface area (Å²) in [4.78, 5) is 8.51. The van der Waals surface area contributed by atoms with Crippen LogP contribution in [0.2, 0.25) is 0 Å². The third-order valence-corrected chi connectivity index (χ3v) is 2.73. The van der Waals surface area contributed by atoms with Gasteiger partial charge < -0.3 is 5.32 Å². The highest BCUT2D eigenvalue weighted by Crippen LogP contribution is 2.27. The number of benzene rings is 1. The van der Waals surface area contributed by atoms with Crippen molar-refractivity contribution in [3.63, 3.8) is 0 Å². The van der Waals surface area contributed by atoms with Crippen LogP contribution in [0.1, 0.15) is 25.6 Å². The molecule has 0 saturated heterocycles. The van der Waals surface area contributed by atoms with Crippen molar-refractivity contribution in [3.8, 4) is 11.3 Å². The van der Waals surface area contributed by atoms with Gasteiger partial charge in [-0.25, -0.2) is 18.7 Å². The average molecular weight is 263 g/mol. The van der Waals surface area contributed by atoms with E-state index in [1.165, 1.54) is 24.3 Å². The Bertz CT molecular complexity index is 577. The molecule has 2 aromatic rings. The Balaban J connectivity index is 2.64. The minimum absolute atomic E-state index is 0.0712. The Hall–Kier alpha value is -2.04. The van der Waals surface area contributed by atoms with Gasteiger partial charge in [0.05, 0.1) is 11.3 Å². The first kappa shape index (κ1) is 13.4. The maximum absolute atomic E-state index is 13.8. The molecule has 0 bridgehead atoms. The number of halogens is 2. The van der Waals surface area contributed by atoms with E-state index in [-0.39, 0.29) is 17.2 Å². The largest absolute Gasteiger partial charge is 0.373 e. The van der Waals surface area contributed by atoms with Crippen LogP contribution in [0.15, 0.2) is 24.3 Å². The number of aromatic nitrogens is 2. The van der Waals surface area contributed by atoms with Gasteiger partial charge in [-0.05, 0) is 12.1 Å². The molecule has 0 unspecified atom stereocenters. The van der Waals surface area contributed by atoms with E-state index in [1.807, 2.05) is 13.8 Å². The molecule has 0 saturated carbocycles. The molecule has 100 valence electrons. The maximum atomic E-state index is 13.8. The summed E-state index contributed by atoms with van der Waals surface area (Å²) >= 11 is 0. The molecule has 0 spiro atoms. The molecule has 1 heterocycles. The van der Waals surface area contributed by atoms with Crippen LogP contribution in [-0.4, -0.2) is 17.0 Å². The molecule has 1 N–H and O–H groups in total. The molecule has 0 aliphatic carbocycles. The molecule has 5 heteroatoms. The summed E-state index contributed by atoms with van der Waals surface area (Å²) in [5.74, 6) is -0.103. The van der Waals surface area contributed by atoms with Crippen molar-refractivity contribution in [2.75, 3.05) is 12.4 Å². The van der Waals surface area contributed by atoms with Crippen LogP contribution >= 0.6 is 0 Å². The second-order valence-electron chi connectivity index (χ2n) is 4.50. The Labute approximate surface area is 110 Å². The van der Waals surface area contributed by atoms with Crippen LogP contribution < -0.4 is 5.32 Å². The molecule has 0 aliphatic rings. The third kappa shape index (κ3) is 2.70. The lowest BCUT2D eigenvalue weighted by atomic mass is 10.1. The lowest BCUT2D eigenvalue weighted by molar-refractivity contribution is 0.588. The topological polar surface area (TPSA) is 37.8 Å². The van der Waals surface area contributed by atoms with Gasteiger partial charge in [0.1, 0.15) is 23.3 Å². The number of hydrogen-bond donors (Lipinski definition) is 1. The molecule has 0 aliphatic heterocycles. The number of nitrogens with one attached hydrogen (secondary N) is 1. The molecule has 3 nitrogen and oxygen atoms in total. The zero-order chi connectivity index (χ0) is 14.0. The normalized spacial score (nSPS) is 10.8. The Morgan fingerprint density at radius 3 is 2.26 bits per heavy atom. The maximum Gasteiger partial charge on any atom is 0.135 e. The van der Waals surface area contributed by atoms with Gasteiger partial charge in [-0.3, -0.25) is 0 Å². The zero-order valence-electron chi connectivity index (χ0n) is 11.0. The Morgan fingerprint density at radius 1 is 1.11 bits per heavy atom. The number of anilines is 1. The fourth-order valence-corrected chi connectivity index (χ4v) is 1.72. The van der Waals surface area contributed by atoms with Crippen molar-refractivity contribution in [2.45, 2.75) is 19.8 Å². The highest BCUT2D eigenvalue weighted by molar-refractivity contribution is 5.64. The smallest absolute Gasteiger partial charge is 0.135 e. The van der Waals surface area contributed by atoms with E-state index in [9.17, 15) is 8.78 Å². The standard InChI is InChI=1S/C14H15F2N3/c1-8(2)14-18-11(7-12(17-3)19-14)13-9(15)5-4-6-10(13)16/h4-8H,1-3H3,(H,17,18,19). The molecule has 2 rings (SSSR count). The summed E-state index contributed by atoms with van der Waals surface area (Å²) < 4.78 is 27.6. The molecule has 1 aromatic heterocycles. The van der Waals surface area contributed by atoms with Gasteiger partial charge in [0.25, 0.3) is 0 Å². The van der Waals surface area contributed by atoms with Crippen LogP contribution in [0.5, 0.6) is 0 Å². The first-order valence-corrected chi connectivity index (χ1v) is 6.04. The minimum atomic E-state index is -0.629. The first-order chi connectivity index (χ1) is 9.02. The Morgan fingerprint density at radius 2 is 1.74 bits per heavy atom. The number of rotatable bonds is 3. The van der Waals surface area contributed by atoms with E-state index in [0.29, 0.717) is 11.6 Å². The van der Waals surface area contributed by atoms with Gasteiger partial charge >= 0.3 is 0 Å². The van der Waals surface area contributed by atoms with E-state index < -0.39 is 11.6 Å². The number of nitrogens with zero attached hydrogens (tertiary/aromatic N) is 2. The quantitative estimate of drug-likeness (QED) is 0.919. The zero-order valence-corrected chi connectivity index (χ0v) is 11.0. The molecule has 0 atom stereocenters. The molecule has 19 heavy (non-hydrogen) atoms. The van der Waals surface area contributed by atoms with Gasteiger partial charge in [-0.15, -0.1) is 0 Å². The fraction of sp³-hybridized carbons (Fsp3) is 0.286. The fourth-order valence-electron chi connectivity index (χ4n) is 1.72.